The van der Waals surface area contributed by atoms with Crippen LogP contribution in [0.5, 0.6) is 5.75 Å². The first-order valence-corrected chi connectivity index (χ1v) is 12.7. The van der Waals surface area contributed by atoms with E-state index in [2.05, 4.69) is 21.2 Å². The van der Waals surface area contributed by atoms with Gasteiger partial charge in [0.2, 0.25) is 5.91 Å². The van der Waals surface area contributed by atoms with Crippen LogP contribution < -0.4 is 10.1 Å². The van der Waals surface area contributed by atoms with Crippen LogP contribution in [0.1, 0.15) is 37.0 Å². The van der Waals surface area contributed by atoms with E-state index in [1.54, 1.807) is 4.90 Å². The Morgan fingerprint density at radius 2 is 1.66 bits per heavy atom. The van der Waals surface area contributed by atoms with Gasteiger partial charge in [-0.2, -0.15) is 0 Å². The smallest absolute Gasteiger partial charge is 0.261 e. The van der Waals surface area contributed by atoms with Crippen molar-refractivity contribution in [1.29, 1.82) is 0 Å². The lowest BCUT2D eigenvalue weighted by Gasteiger charge is -2.32. The molecule has 0 saturated heterocycles. The fraction of sp³-hybridized carbons (Fsp3) is 0.310. The van der Waals surface area contributed by atoms with Crippen LogP contribution >= 0.6 is 15.9 Å². The predicted molar refractivity (Wildman–Crippen MR) is 143 cm³/mol. The van der Waals surface area contributed by atoms with Crippen LogP contribution in [0.2, 0.25) is 0 Å². The topological polar surface area (TPSA) is 58.6 Å². The Bertz CT molecular complexity index is 1100. The molecule has 3 aromatic carbocycles. The van der Waals surface area contributed by atoms with Crippen molar-refractivity contribution in [3.05, 3.63) is 100 Å². The quantitative estimate of drug-likeness (QED) is 0.342. The van der Waals surface area contributed by atoms with Gasteiger partial charge in [0, 0.05) is 23.5 Å². The number of nitrogens with one attached hydrogen (secondary N) is 1. The molecule has 2 amide bonds. The van der Waals surface area contributed by atoms with E-state index < -0.39 is 6.04 Å². The number of ether oxygens (including phenoxy) is 1. The lowest BCUT2D eigenvalue weighted by atomic mass is 10.0. The fourth-order valence-corrected chi connectivity index (χ4v) is 4.14. The zero-order chi connectivity index (χ0) is 25.2. The normalized spacial score (nSPS) is 12.5. The molecule has 35 heavy (non-hydrogen) atoms. The van der Waals surface area contributed by atoms with Gasteiger partial charge in [0.25, 0.3) is 5.91 Å². The Morgan fingerprint density at radius 3 is 2.31 bits per heavy atom. The first-order chi connectivity index (χ1) is 16.9. The minimum atomic E-state index is -0.681. The van der Waals surface area contributed by atoms with Gasteiger partial charge in [-0.3, -0.25) is 9.59 Å². The number of hydrogen-bond donors (Lipinski definition) is 1. The molecule has 184 valence electrons. The Labute approximate surface area is 216 Å². The van der Waals surface area contributed by atoms with Crippen LogP contribution in [0.15, 0.2) is 83.3 Å². The molecule has 0 fully saturated rings. The summed E-state index contributed by atoms with van der Waals surface area (Å²) in [4.78, 5) is 28.7. The summed E-state index contributed by atoms with van der Waals surface area (Å²) in [7, 11) is 0. The standard InChI is InChI=1S/C29H33BrN2O3/c1-4-22(3)31-29(34)27(18-23-9-6-5-7-10-23)32(19-24-11-8-12-25(30)17-24)28(33)20-35-26-15-13-21(2)14-16-26/h5-17,22,27H,4,18-20H2,1-3H3,(H,31,34)/t22-,27+/m0/s1. The molecule has 5 nitrogen and oxygen atoms in total. The Morgan fingerprint density at radius 1 is 0.971 bits per heavy atom. The molecule has 0 spiro atoms. The highest BCUT2D eigenvalue weighted by Gasteiger charge is 2.31. The summed E-state index contributed by atoms with van der Waals surface area (Å²) >= 11 is 3.51. The highest BCUT2D eigenvalue weighted by molar-refractivity contribution is 9.10. The molecule has 0 aliphatic carbocycles. The van der Waals surface area contributed by atoms with Gasteiger partial charge in [0.1, 0.15) is 11.8 Å². The molecule has 0 heterocycles. The number of halogens is 1. The summed E-state index contributed by atoms with van der Waals surface area (Å²) in [6.07, 6.45) is 1.22. The Balaban J connectivity index is 1.90. The molecule has 3 aromatic rings. The molecule has 0 bridgehead atoms. The molecule has 0 aromatic heterocycles. The minimum absolute atomic E-state index is 0.00686. The van der Waals surface area contributed by atoms with Gasteiger partial charge in [-0.1, -0.05) is 83.0 Å². The summed E-state index contributed by atoms with van der Waals surface area (Å²) < 4.78 is 6.73. The second-order valence-corrected chi connectivity index (χ2v) is 9.69. The summed E-state index contributed by atoms with van der Waals surface area (Å²) in [6, 6.07) is 24.5. The molecule has 2 atom stereocenters. The molecule has 0 radical (unpaired) electrons. The zero-order valence-electron chi connectivity index (χ0n) is 20.5. The number of nitrogens with zero attached hydrogens (tertiary/aromatic N) is 1. The van der Waals surface area contributed by atoms with Crippen molar-refractivity contribution >= 4 is 27.7 Å². The van der Waals surface area contributed by atoms with Crippen molar-refractivity contribution in [1.82, 2.24) is 10.2 Å². The molecule has 1 N–H and O–H groups in total. The Kier molecular flexibility index (Phi) is 9.91. The molecular weight excluding hydrogens is 504 g/mol. The summed E-state index contributed by atoms with van der Waals surface area (Å²) in [5.41, 5.74) is 3.03. The number of carbonyl (C=O) groups excluding carboxylic acids is 2. The van der Waals surface area contributed by atoms with Gasteiger partial charge in [0.05, 0.1) is 0 Å². The summed E-state index contributed by atoms with van der Waals surface area (Å²) in [6.45, 7) is 6.13. The van der Waals surface area contributed by atoms with Crippen LogP contribution in [0, 0.1) is 6.92 Å². The van der Waals surface area contributed by atoms with E-state index in [0.717, 1.165) is 27.6 Å². The first kappa shape index (κ1) is 26.5. The van der Waals surface area contributed by atoms with Gasteiger partial charge >= 0.3 is 0 Å². The monoisotopic (exact) mass is 536 g/mol. The number of aryl methyl sites for hydroxylation is 1. The largest absolute Gasteiger partial charge is 0.484 e. The third kappa shape index (κ3) is 8.25. The van der Waals surface area contributed by atoms with E-state index in [-0.39, 0.29) is 24.5 Å². The van der Waals surface area contributed by atoms with Crippen LogP contribution in [0.3, 0.4) is 0 Å². The maximum absolute atomic E-state index is 13.6. The van der Waals surface area contributed by atoms with Crippen LogP contribution in [0.4, 0.5) is 0 Å². The third-order valence-electron chi connectivity index (χ3n) is 5.90. The second kappa shape index (κ2) is 13.1. The SMILES string of the molecule is CC[C@H](C)NC(=O)[C@@H](Cc1ccccc1)N(Cc1cccc(Br)c1)C(=O)COc1ccc(C)cc1. The van der Waals surface area contributed by atoms with E-state index in [9.17, 15) is 9.59 Å². The molecular formula is C29H33BrN2O3. The molecule has 0 aliphatic rings. The van der Waals surface area contributed by atoms with Crippen molar-refractivity contribution in [3.8, 4) is 5.75 Å². The van der Waals surface area contributed by atoms with E-state index in [4.69, 9.17) is 4.74 Å². The van der Waals surface area contributed by atoms with Gasteiger partial charge in [-0.05, 0) is 55.7 Å². The van der Waals surface area contributed by atoms with E-state index >= 15 is 0 Å². The maximum Gasteiger partial charge on any atom is 0.261 e. The van der Waals surface area contributed by atoms with E-state index in [0.29, 0.717) is 18.7 Å². The predicted octanol–water partition coefficient (Wildman–Crippen LogP) is 5.69. The number of benzene rings is 3. The van der Waals surface area contributed by atoms with Crippen molar-refractivity contribution in [3.63, 3.8) is 0 Å². The lowest BCUT2D eigenvalue weighted by molar-refractivity contribution is -0.143. The van der Waals surface area contributed by atoms with Gasteiger partial charge in [-0.25, -0.2) is 0 Å². The van der Waals surface area contributed by atoms with E-state index in [1.165, 1.54) is 0 Å². The van der Waals surface area contributed by atoms with Gasteiger partial charge in [0.15, 0.2) is 6.61 Å². The van der Waals surface area contributed by atoms with Crippen LogP contribution in [0.25, 0.3) is 0 Å². The van der Waals surface area contributed by atoms with Crippen LogP contribution in [-0.2, 0) is 22.6 Å². The molecule has 3 rings (SSSR count). The van der Waals surface area contributed by atoms with Crippen molar-refractivity contribution in [2.24, 2.45) is 0 Å². The third-order valence-corrected chi connectivity index (χ3v) is 6.39. The molecule has 0 saturated carbocycles. The first-order valence-electron chi connectivity index (χ1n) is 11.9. The number of rotatable bonds is 11. The fourth-order valence-electron chi connectivity index (χ4n) is 3.69. The number of carbonyl (C=O) groups is 2. The average Bonchev–Trinajstić information content (AvgIpc) is 2.86. The number of hydrogen-bond acceptors (Lipinski definition) is 3. The van der Waals surface area contributed by atoms with Crippen molar-refractivity contribution in [2.75, 3.05) is 6.61 Å². The second-order valence-electron chi connectivity index (χ2n) is 8.78. The molecule has 6 heteroatoms. The molecule has 0 aliphatic heterocycles. The van der Waals surface area contributed by atoms with Crippen LogP contribution in [-0.4, -0.2) is 35.4 Å². The summed E-state index contributed by atoms with van der Waals surface area (Å²) in [5.74, 6) is 0.211. The van der Waals surface area contributed by atoms with Crippen molar-refractivity contribution < 1.29 is 14.3 Å². The van der Waals surface area contributed by atoms with Gasteiger partial charge in [-0.15, -0.1) is 0 Å². The molecule has 0 unspecified atom stereocenters. The van der Waals surface area contributed by atoms with Crippen molar-refractivity contribution in [2.45, 2.75) is 52.2 Å². The van der Waals surface area contributed by atoms with Gasteiger partial charge < -0.3 is 15.0 Å². The summed E-state index contributed by atoms with van der Waals surface area (Å²) in [5, 5.41) is 3.08. The maximum atomic E-state index is 13.6. The minimum Gasteiger partial charge on any atom is -0.484 e. The average molecular weight is 537 g/mol. The number of amides is 2. The lowest BCUT2D eigenvalue weighted by Crippen LogP contribution is -2.53. The highest BCUT2D eigenvalue weighted by atomic mass is 79.9. The zero-order valence-corrected chi connectivity index (χ0v) is 22.1. The van der Waals surface area contributed by atoms with E-state index in [1.807, 2.05) is 99.6 Å². The highest BCUT2D eigenvalue weighted by Crippen LogP contribution is 2.19. The Hall–Kier alpha value is -3.12.